The fourth-order valence-corrected chi connectivity index (χ4v) is 3.57. The minimum Gasteiger partial charge on any atom is -0.493 e. The van der Waals surface area contributed by atoms with Crippen molar-refractivity contribution in [3.05, 3.63) is 35.4 Å². The highest BCUT2D eigenvalue weighted by atomic mass is 16.5. The summed E-state index contributed by atoms with van der Waals surface area (Å²) < 4.78 is 26.0. The van der Waals surface area contributed by atoms with Gasteiger partial charge in [-0.25, -0.2) is 0 Å². The Balaban J connectivity index is 2.73. The van der Waals surface area contributed by atoms with Crippen LogP contribution in [0.15, 0.2) is 29.9 Å². The van der Waals surface area contributed by atoms with E-state index in [9.17, 15) is 9.59 Å². The lowest BCUT2D eigenvalue weighted by Crippen LogP contribution is -2.45. The van der Waals surface area contributed by atoms with Gasteiger partial charge in [0.05, 0.1) is 35.5 Å². The molecule has 0 unspecified atom stereocenters. The number of carbonyl (C=O) groups excluding carboxylic acids is 2. The first-order valence-corrected chi connectivity index (χ1v) is 8.76. The van der Waals surface area contributed by atoms with Crippen molar-refractivity contribution in [2.75, 3.05) is 35.5 Å². The molecule has 152 valence electrons. The third-order valence-corrected chi connectivity index (χ3v) is 4.94. The van der Waals surface area contributed by atoms with Crippen LogP contribution in [-0.2, 0) is 19.1 Å². The second-order valence-corrected chi connectivity index (χ2v) is 6.36. The maximum atomic E-state index is 12.7. The molecule has 1 aliphatic carbocycles. The Kier molecular flexibility index (Phi) is 6.72. The highest BCUT2D eigenvalue weighted by molar-refractivity contribution is 6.06. The summed E-state index contributed by atoms with van der Waals surface area (Å²) in [5, 5.41) is 0. The first-order valence-electron chi connectivity index (χ1n) is 8.76. The summed E-state index contributed by atoms with van der Waals surface area (Å²) in [5.41, 5.74) is 0.242. The Morgan fingerprint density at radius 2 is 1.50 bits per heavy atom. The number of allylic oxidation sites excluding steroid dienone is 1. The van der Waals surface area contributed by atoms with Crippen LogP contribution in [0.5, 0.6) is 17.2 Å². The number of methoxy groups -OCH3 is 5. The van der Waals surface area contributed by atoms with E-state index in [-0.39, 0.29) is 6.42 Å². The molecule has 1 aromatic carbocycles. The van der Waals surface area contributed by atoms with Crippen molar-refractivity contribution in [2.45, 2.75) is 19.3 Å². The van der Waals surface area contributed by atoms with Crippen molar-refractivity contribution >= 4 is 18.0 Å². The predicted molar refractivity (Wildman–Crippen MR) is 104 cm³/mol. The van der Waals surface area contributed by atoms with Gasteiger partial charge in [-0.05, 0) is 48.6 Å². The minimum atomic E-state index is -1.56. The summed E-state index contributed by atoms with van der Waals surface area (Å²) >= 11 is 0. The topological polar surface area (TPSA) is 80.3 Å². The first kappa shape index (κ1) is 21.3. The molecule has 1 saturated carbocycles. The molecular formula is C21H26O7. The molecule has 0 amide bonds. The summed E-state index contributed by atoms with van der Waals surface area (Å²) in [5.74, 6) is 0.0216. The molecule has 0 N–H and O–H groups in total. The molecule has 0 aliphatic heterocycles. The van der Waals surface area contributed by atoms with Crippen LogP contribution in [0, 0.1) is 5.41 Å². The largest absolute Gasteiger partial charge is 0.493 e. The fraction of sp³-hybridized carbons (Fsp3) is 0.429. The lowest BCUT2D eigenvalue weighted by molar-refractivity contribution is -0.166. The molecular weight excluding hydrogens is 364 g/mol. The Bertz CT molecular complexity index is 766. The summed E-state index contributed by atoms with van der Waals surface area (Å²) in [4.78, 5) is 25.4. The van der Waals surface area contributed by atoms with Crippen LogP contribution in [-0.4, -0.2) is 47.5 Å². The highest BCUT2D eigenvalue weighted by Crippen LogP contribution is 2.47. The number of rotatable bonds is 6. The van der Waals surface area contributed by atoms with Gasteiger partial charge in [-0.15, -0.1) is 0 Å². The molecule has 0 atom stereocenters. The number of carbonyl (C=O) groups is 2. The summed E-state index contributed by atoms with van der Waals surface area (Å²) in [7, 11) is 7.05. The molecule has 0 spiro atoms. The molecule has 1 fully saturated rings. The molecule has 0 radical (unpaired) electrons. The Hall–Kier alpha value is -2.96. The van der Waals surface area contributed by atoms with E-state index in [0.717, 1.165) is 0 Å². The molecule has 0 saturated heterocycles. The summed E-state index contributed by atoms with van der Waals surface area (Å²) in [6.07, 6.45) is 3.28. The quantitative estimate of drug-likeness (QED) is 0.545. The van der Waals surface area contributed by atoms with E-state index in [1.807, 2.05) is 0 Å². The van der Waals surface area contributed by atoms with Crippen LogP contribution in [0.1, 0.15) is 24.8 Å². The number of esters is 2. The number of hydrogen-bond acceptors (Lipinski definition) is 7. The molecule has 2 rings (SSSR count). The molecule has 7 nitrogen and oxygen atoms in total. The molecule has 1 aliphatic rings. The van der Waals surface area contributed by atoms with E-state index in [1.165, 1.54) is 35.5 Å². The lowest BCUT2D eigenvalue weighted by atomic mass is 9.67. The van der Waals surface area contributed by atoms with E-state index in [4.69, 9.17) is 23.7 Å². The molecule has 28 heavy (non-hydrogen) atoms. The van der Waals surface area contributed by atoms with Crippen LogP contribution >= 0.6 is 0 Å². The Labute approximate surface area is 164 Å². The molecule has 1 aromatic rings. The SMILES string of the molecule is C=C1CCCC(C(=O)OC)(C(=O)OC)/C1=C\c1cc(OC)c(OC)c(OC)c1. The average Bonchev–Trinajstić information content (AvgIpc) is 2.72. The minimum absolute atomic E-state index is 0.279. The molecule has 0 aromatic heterocycles. The summed E-state index contributed by atoms with van der Waals surface area (Å²) in [6.45, 7) is 4.07. The normalized spacial score (nSPS) is 17.0. The van der Waals surface area contributed by atoms with Gasteiger partial charge >= 0.3 is 11.9 Å². The third kappa shape index (κ3) is 3.56. The maximum absolute atomic E-state index is 12.7. The Morgan fingerprint density at radius 3 is 1.93 bits per heavy atom. The monoisotopic (exact) mass is 390 g/mol. The van der Waals surface area contributed by atoms with Gasteiger partial charge in [-0.3, -0.25) is 9.59 Å². The molecule has 0 heterocycles. The number of benzene rings is 1. The van der Waals surface area contributed by atoms with E-state index >= 15 is 0 Å². The zero-order chi connectivity index (χ0) is 20.9. The van der Waals surface area contributed by atoms with Crippen molar-refractivity contribution < 1.29 is 33.3 Å². The van der Waals surface area contributed by atoms with Crippen LogP contribution in [0.25, 0.3) is 6.08 Å². The molecule has 0 bridgehead atoms. The maximum Gasteiger partial charge on any atom is 0.327 e. The standard InChI is InChI=1S/C21H26O7/c1-13-8-7-9-21(19(22)27-5,20(23)28-6)15(13)10-14-11-16(24-2)18(26-4)17(12-14)25-3/h10-12H,1,7-9H2,2-6H3/b15-10-. The average molecular weight is 390 g/mol. The van der Waals surface area contributed by atoms with E-state index in [2.05, 4.69) is 6.58 Å². The van der Waals surface area contributed by atoms with Gasteiger partial charge in [0.1, 0.15) is 0 Å². The fourth-order valence-electron chi connectivity index (χ4n) is 3.57. The van der Waals surface area contributed by atoms with Crippen molar-refractivity contribution in [3.8, 4) is 17.2 Å². The third-order valence-electron chi connectivity index (χ3n) is 4.94. The zero-order valence-corrected chi connectivity index (χ0v) is 16.9. The van der Waals surface area contributed by atoms with E-state index in [0.29, 0.717) is 46.8 Å². The first-order chi connectivity index (χ1) is 13.4. The van der Waals surface area contributed by atoms with Crippen molar-refractivity contribution in [3.63, 3.8) is 0 Å². The van der Waals surface area contributed by atoms with Gasteiger partial charge in [-0.2, -0.15) is 0 Å². The van der Waals surface area contributed by atoms with Crippen LogP contribution in [0.2, 0.25) is 0 Å². The van der Waals surface area contributed by atoms with Gasteiger partial charge < -0.3 is 23.7 Å². The second kappa shape index (κ2) is 8.82. The van der Waals surface area contributed by atoms with E-state index < -0.39 is 17.4 Å². The van der Waals surface area contributed by atoms with Crippen LogP contribution < -0.4 is 14.2 Å². The van der Waals surface area contributed by atoms with E-state index in [1.54, 1.807) is 18.2 Å². The van der Waals surface area contributed by atoms with Gasteiger partial charge in [0.15, 0.2) is 16.9 Å². The Morgan fingerprint density at radius 1 is 0.964 bits per heavy atom. The van der Waals surface area contributed by atoms with Gasteiger partial charge in [0, 0.05) is 0 Å². The van der Waals surface area contributed by atoms with Gasteiger partial charge in [0.25, 0.3) is 0 Å². The summed E-state index contributed by atoms with van der Waals surface area (Å²) in [6, 6.07) is 3.46. The highest BCUT2D eigenvalue weighted by Gasteiger charge is 2.53. The lowest BCUT2D eigenvalue weighted by Gasteiger charge is -2.35. The predicted octanol–water partition coefficient (Wildman–Crippen LogP) is 3.17. The number of ether oxygens (including phenoxy) is 5. The number of hydrogen-bond donors (Lipinski definition) is 0. The molecule has 7 heteroatoms. The smallest absolute Gasteiger partial charge is 0.327 e. The van der Waals surface area contributed by atoms with Crippen LogP contribution in [0.4, 0.5) is 0 Å². The van der Waals surface area contributed by atoms with Crippen molar-refractivity contribution in [2.24, 2.45) is 5.41 Å². The van der Waals surface area contributed by atoms with Crippen molar-refractivity contribution in [1.82, 2.24) is 0 Å². The van der Waals surface area contributed by atoms with Crippen LogP contribution in [0.3, 0.4) is 0 Å². The second-order valence-electron chi connectivity index (χ2n) is 6.36. The van der Waals surface area contributed by atoms with Gasteiger partial charge in [0.2, 0.25) is 5.75 Å². The van der Waals surface area contributed by atoms with Gasteiger partial charge in [-0.1, -0.05) is 12.2 Å². The van der Waals surface area contributed by atoms with Crippen molar-refractivity contribution in [1.29, 1.82) is 0 Å². The zero-order valence-electron chi connectivity index (χ0n) is 16.9.